The van der Waals surface area contributed by atoms with Crippen molar-refractivity contribution in [3.63, 3.8) is 0 Å². The van der Waals surface area contributed by atoms with E-state index >= 15 is 0 Å². The zero-order valence-corrected chi connectivity index (χ0v) is 13.3. The van der Waals surface area contributed by atoms with Crippen LogP contribution in [0.5, 0.6) is 17.2 Å². The van der Waals surface area contributed by atoms with E-state index in [1.165, 1.54) is 26.5 Å². The molecule has 0 fully saturated rings. The smallest absolute Gasteiger partial charge is 0.337 e. The van der Waals surface area contributed by atoms with Crippen LogP contribution < -0.4 is 25.7 Å². The highest BCUT2D eigenvalue weighted by molar-refractivity contribution is 5.90. The Morgan fingerprint density at radius 3 is 2.42 bits per heavy atom. The van der Waals surface area contributed by atoms with Gasteiger partial charge in [0, 0.05) is 0 Å². The lowest BCUT2D eigenvalue weighted by molar-refractivity contribution is 0.0600. The highest BCUT2D eigenvalue weighted by Crippen LogP contribution is 2.28. The lowest BCUT2D eigenvalue weighted by Crippen LogP contribution is -2.12. The molecule has 9 nitrogen and oxygen atoms in total. The predicted octanol–water partition coefficient (Wildman–Crippen LogP) is 0.894. The van der Waals surface area contributed by atoms with E-state index in [0.717, 1.165) is 0 Å². The molecule has 1 aromatic heterocycles. The van der Waals surface area contributed by atoms with Crippen LogP contribution in [0.15, 0.2) is 24.4 Å². The minimum Gasteiger partial charge on any atom is -0.493 e. The maximum absolute atomic E-state index is 11.5. The van der Waals surface area contributed by atoms with E-state index in [-0.39, 0.29) is 25.0 Å². The summed E-state index contributed by atoms with van der Waals surface area (Å²) in [5.74, 6) is 0.973. The number of benzene rings is 1. The monoisotopic (exact) mass is 334 g/mol. The summed E-state index contributed by atoms with van der Waals surface area (Å²) in [4.78, 5) is 19.1. The van der Waals surface area contributed by atoms with Crippen molar-refractivity contribution in [1.82, 2.24) is 9.97 Å². The van der Waals surface area contributed by atoms with Gasteiger partial charge in [-0.3, -0.25) is 0 Å². The van der Waals surface area contributed by atoms with Crippen molar-refractivity contribution >= 4 is 17.7 Å². The number of carbonyl (C=O) groups excluding carboxylic acids is 1. The van der Waals surface area contributed by atoms with Crippen LogP contribution in [0.25, 0.3) is 0 Å². The van der Waals surface area contributed by atoms with Crippen molar-refractivity contribution in [1.29, 1.82) is 0 Å². The first-order valence-electron chi connectivity index (χ1n) is 6.95. The van der Waals surface area contributed by atoms with Gasteiger partial charge in [-0.25, -0.2) is 9.78 Å². The fourth-order valence-electron chi connectivity index (χ4n) is 1.84. The Bertz CT molecular complexity index is 723. The van der Waals surface area contributed by atoms with Gasteiger partial charge >= 0.3 is 5.97 Å². The average molecular weight is 334 g/mol. The molecule has 0 spiro atoms. The average Bonchev–Trinajstić information content (AvgIpc) is 2.59. The molecule has 24 heavy (non-hydrogen) atoms. The molecule has 0 aliphatic heterocycles. The van der Waals surface area contributed by atoms with Gasteiger partial charge in [-0.2, -0.15) is 4.98 Å². The van der Waals surface area contributed by atoms with E-state index in [1.54, 1.807) is 12.1 Å². The second-order valence-corrected chi connectivity index (χ2v) is 4.53. The quantitative estimate of drug-likeness (QED) is 0.559. The van der Waals surface area contributed by atoms with Gasteiger partial charge in [0.2, 0.25) is 5.95 Å². The van der Waals surface area contributed by atoms with Crippen molar-refractivity contribution < 1.29 is 23.7 Å². The van der Waals surface area contributed by atoms with Crippen LogP contribution in [0.3, 0.4) is 0 Å². The fourth-order valence-corrected chi connectivity index (χ4v) is 1.84. The molecule has 0 atom stereocenters. The van der Waals surface area contributed by atoms with E-state index in [0.29, 0.717) is 22.8 Å². The first kappa shape index (κ1) is 17.1. The summed E-state index contributed by atoms with van der Waals surface area (Å²) in [5.41, 5.74) is 11.4. The molecule has 2 aromatic rings. The molecule has 0 aliphatic rings. The van der Waals surface area contributed by atoms with Crippen molar-refractivity contribution in [2.75, 3.05) is 38.9 Å². The summed E-state index contributed by atoms with van der Waals surface area (Å²) in [6, 6.07) is 4.73. The Morgan fingerprint density at radius 1 is 1.08 bits per heavy atom. The SMILES string of the molecule is COC(=O)c1ccc(OCCOc2cnc(N)nc2N)c(OC)c1. The second kappa shape index (κ2) is 7.86. The maximum atomic E-state index is 11.5. The van der Waals surface area contributed by atoms with Gasteiger partial charge in [-0.05, 0) is 18.2 Å². The molecule has 9 heteroatoms. The summed E-state index contributed by atoms with van der Waals surface area (Å²) >= 11 is 0. The largest absolute Gasteiger partial charge is 0.493 e. The highest BCUT2D eigenvalue weighted by atomic mass is 16.5. The number of ether oxygens (including phenoxy) is 4. The molecule has 0 saturated carbocycles. The lowest BCUT2D eigenvalue weighted by atomic mass is 10.2. The molecule has 1 aromatic carbocycles. The van der Waals surface area contributed by atoms with E-state index in [9.17, 15) is 4.79 Å². The predicted molar refractivity (Wildman–Crippen MR) is 86.2 cm³/mol. The van der Waals surface area contributed by atoms with Gasteiger partial charge in [-0.1, -0.05) is 0 Å². The number of carbonyl (C=O) groups is 1. The Kier molecular flexibility index (Phi) is 5.61. The van der Waals surface area contributed by atoms with Crippen LogP contribution >= 0.6 is 0 Å². The molecule has 0 amide bonds. The van der Waals surface area contributed by atoms with Crippen LogP contribution in [0.4, 0.5) is 11.8 Å². The van der Waals surface area contributed by atoms with E-state index < -0.39 is 5.97 Å². The summed E-state index contributed by atoms with van der Waals surface area (Å²) < 4.78 is 20.8. The Labute approximate surface area is 138 Å². The molecular weight excluding hydrogens is 316 g/mol. The van der Waals surface area contributed by atoms with Crippen molar-refractivity contribution in [2.45, 2.75) is 0 Å². The molecule has 4 N–H and O–H groups in total. The van der Waals surface area contributed by atoms with Crippen molar-refractivity contribution in [2.24, 2.45) is 0 Å². The summed E-state index contributed by atoms with van der Waals surface area (Å²) in [5, 5.41) is 0. The Hall–Kier alpha value is -3.23. The molecule has 1 heterocycles. The zero-order chi connectivity index (χ0) is 17.5. The van der Waals surface area contributed by atoms with Crippen molar-refractivity contribution in [3.05, 3.63) is 30.0 Å². The van der Waals surface area contributed by atoms with Gasteiger partial charge in [-0.15, -0.1) is 0 Å². The third-order valence-corrected chi connectivity index (χ3v) is 2.98. The minimum absolute atomic E-state index is 0.0755. The number of nitrogens with zero attached hydrogens (tertiary/aromatic N) is 2. The number of esters is 1. The van der Waals surface area contributed by atoms with Gasteiger partial charge in [0.1, 0.15) is 13.2 Å². The summed E-state index contributed by atoms with van der Waals surface area (Å²) in [6.45, 7) is 0.428. The Balaban J connectivity index is 1.93. The molecule has 0 aliphatic carbocycles. The minimum atomic E-state index is -0.456. The summed E-state index contributed by atoms with van der Waals surface area (Å²) in [6.07, 6.45) is 1.39. The van der Waals surface area contributed by atoms with Crippen LogP contribution in [0.1, 0.15) is 10.4 Å². The molecule has 0 radical (unpaired) electrons. The lowest BCUT2D eigenvalue weighted by Gasteiger charge is -2.12. The Morgan fingerprint density at radius 2 is 1.79 bits per heavy atom. The standard InChI is InChI=1S/C15H18N4O5/c1-21-11-7-9(14(20)22-2)3-4-10(11)23-5-6-24-12-8-18-15(17)19-13(12)16/h3-4,7-8H,5-6H2,1-2H3,(H4,16,17,18,19). The molecule has 128 valence electrons. The zero-order valence-electron chi connectivity index (χ0n) is 13.3. The van der Waals surface area contributed by atoms with Crippen molar-refractivity contribution in [3.8, 4) is 17.2 Å². The fraction of sp³-hybridized carbons (Fsp3) is 0.267. The third kappa shape index (κ3) is 4.15. The van der Waals surface area contributed by atoms with Crippen LogP contribution in [0.2, 0.25) is 0 Å². The second-order valence-electron chi connectivity index (χ2n) is 4.53. The normalized spacial score (nSPS) is 10.1. The van der Waals surface area contributed by atoms with E-state index in [1.807, 2.05) is 0 Å². The first-order chi connectivity index (χ1) is 11.5. The van der Waals surface area contributed by atoms with Gasteiger partial charge in [0.25, 0.3) is 0 Å². The molecule has 0 unspecified atom stereocenters. The van der Waals surface area contributed by atoms with E-state index in [2.05, 4.69) is 14.7 Å². The maximum Gasteiger partial charge on any atom is 0.337 e. The number of rotatable bonds is 7. The van der Waals surface area contributed by atoms with E-state index in [4.69, 9.17) is 25.7 Å². The molecule has 0 bridgehead atoms. The number of hydrogen-bond acceptors (Lipinski definition) is 9. The molecular formula is C15H18N4O5. The number of nitrogens with two attached hydrogens (primary N) is 2. The van der Waals surface area contributed by atoms with Crippen LogP contribution in [-0.2, 0) is 4.74 Å². The number of anilines is 2. The number of methoxy groups -OCH3 is 2. The number of hydrogen-bond donors (Lipinski definition) is 2. The highest BCUT2D eigenvalue weighted by Gasteiger charge is 2.11. The molecule has 2 rings (SSSR count). The number of aromatic nitrogens is 2. The van der Waals surface area contributed by atoms with Gasteiger partial charge in [0.15, 0.2) is 23.1 Å². The summed E-state index contributed by atoms with van der Waals surface area (Å²) in [7, 11) is 2.79. The third-order valence-electron chi connectivity index (χ3n) is 2.98. The topological polar surface area (TPSA) is 132 Å². The van der Waals surface area contributed by atoms with Gasteiger partial charge in [0.05, 0.1) is 26.0 Å². The van der Waals surface area contributed by atoms with Crippen LogP contribution in [-0.4, -0.2) is 43.4 Å². The van der Waals surface area contributed by atoms with Crippen LogP contribution in [0, 0.1) is 0 Å². The molecule has 0 saturated heterocycles. The number of nitrogen functional groups attached to an aromatic ring is 2. The van der Waals surface area contributed by atoms with Gasteiger partial charge < -0.3 is 30.4 Å². The first-order valence-corrected chi connectivity index (χ1v) is 6.95.